The van der Waals surface area contributed by atoms with Crippen LogP contribution in [0.4, 0.5) is 0 Å². The maximum absolute atomic E-state index is 12.8. The lowest BCUT2D eigenvalue weighted by atomic mass is 9.48. The molecule has 1 amide bonds. The van der Waals surface area contributed by atoms with Gasteiger partial charge in [0.25, 0.3) is 5.91 Å². The van der Waals surface area contributed by atoms with Crippen molar-refractivity contribution >= 4 is 11.9 Å². The first kappa shape index (κ1) is 16.8. The molecule has 6 heteroatoms. The Hall–Kier alpha value is -1.61. The first-order valence-electron chi connectivity index (χ1n) is 9.48. The molecule has 0 spiro atoms. The Morgan fingerprint density at radius 3 is 2.36 bits per heavy atom. The summed E-state index contributed by atoms with van der Waals surface area (Å²) in [4.78, 5) is 24.9. The van der Waals surface area contributed by atoms with Crippen LogP contribution in [0.1, 0.15) is 64.2 Å². The van der Waals surface area contributed by atoms with Crippen LogP contribution in [-0.4, -0.2) is 34.7 Å². The smallest absolute Gasteiger partial charge is 0.312 e. The van der Waals surface area contributed by atoms with Crippen LogP contribution < -0.4 is 5.32 Å². The summed E-state index contributed by atoms with van der Waals surface area (Å²) in [6, 6.07) is 2.20. The number of nitriles is 1. The van der Waals surface area contributed by atoms with Crippen LogP contribution in [0.2, 0.25) is 0 Å². The Kier molecular flexibility index (Phi) is 3.84. The van der Waals surface area contributed by atoms with E-state index in [1.54, 1.807) is 0 Å². The highest BCUT2D eigenvalue weighted by molar-refractivity contribution is 5.84. The van der Waals surface area contributed by atoms with Crippen molar-refractivity contribution < 1.29 is 19.4 Å². The molecular formula is C19H26N2O4. The number of esters is 1. The van der Waals surface area contributed by atoms with Crippen LogP contribution in [0.3, 0.4) is 0 Å². The highest BCUT2D eigenvalue weighted by Crippen LogP contribution is 2.61. The summed E-state index contributed by atoms with van der Waals surface area (Å²) in [5.74, 6) is 0.0498. The van der Waals surface area contributed by atoms with E-state index in [0.717, 1.165) is 44.9 Å². The summed E-state index contributed by atoms with van der Waals surface area (Å²) in [5.41, 5.74) is -2.13. The number of amides is 1. The lowest BCUT2D eigenvalue weighted by Crippen LogP contribution is -2.58. The normalized spacial score (nSPS) is 40.5. The molecule has 2 unspecified atom stereocenters. The number of carbonyl (C=O) groups excluding carboxylic acids is 2. The molecule has 0 aromatic rings. The lowest BCUT2D eigenvalue weighted by molar-refractivity contribution is -0.196. The van der Waals surface area contributed by atoms with Crippen LogP contribution in [0, 0.1) is 28.6 Å². The van der Waals surface area contributed by atoms with Crippen LogP contribution in [0.15, 0.2) is 0 Å². The molecule has 25 heavy (non-hydrogen) atoms. The van der Waals surface area contributed by atoms with E-state index in [0.29, 0.717) is 31.1 Å². The molecule has 5 saturated carbocycles. The van der Waals surface area contributed by atoms with Gasteiger partial charge in [-0.25, -0.2) is 0 Å². The van der Waals surface area contributed by atoms with Gasteiger partial charge in [0, 0.05) is 0 Å². The third-order valence-corrected chi connectivity index (χ3v) is 6.85. The number of rotatable bonds is 4. The largest absolute Gasteiger partial charge is 0.455 e. The van der Waals surface area contributed by atoms with E-state index < -0.39 is 22.5 Å². The van der Waals surface area contributed by atoms with Gasteiger partial charge in [-0.1, -0.05) is 0 Å². The fraction of sp³-hybridized carbons (Fsp3) is 0.842. The standard InChI is InChI=1S/C19H26N2O4/c20-12-18(3-1-2-4-18)21-15(22)10-25-16(23)17-6-13-5-14(7-17)9-19(24,8-13)11-17/h13-14,24H,1-11H2,(H,21,22)/t13-,14+,17?,19?. The molecule has 0 heterocycles. The van der Waals surface area contributed by atoms with Gasteiger partial charge in [0.1, 0.15) is 5.54 Å². The van der Waals surface area contributed by atoms with E-state index in [1.807, 2.05) is 0 Å². The summed E-state index contributed by atoms with van der Waals surface area (Å²) < 4.78 is 5.36. The summed E-state index contributed by atoms with van der Waals surface area (Å²) >= 11 is 0. The fourth-order valence-corrected chi connectivity index (χ4v) is 6.28. The predicted octanol–water partition coefficient (Wildman–Crippen LogP) is 1.81. The Labute approximate surface area is 147 Å². The van der Waals surface area contributed by atoms with Gasteiger partial charge in [0.15, 0.2) is 6.61 Å². The van der Waals surface area contributed by atoms with E-state index in [-0.39, 0.29) is 12.6 Å². The second kappa shape index (κ2) is 5.70. The molecule has 5 rings (SSSR count). The van der Waals surface area contributed by atoms with Crippen LogP contribution in [-0.2, 0) is 14.3 Å². The second-order valence-electron chi connectivity index (χ2n) is 8.99. The fourth-order valence-electron chi connectivity index (χ4n) is 6.28. The quantitative estimate of drug-likeness (QED) is 0.756. The Morgan fingerprint density at radius 1 is 1.16 bits per heavy atom. The maximum atomic E-state index is 12.8. The predicted molar refractivity (Wildman–Crippen MR) is 88.0 cm³/mol. The molecule has 136 valence electrons. The van der Waals surface area contributed by atoms with Crippen LogP contribution in [0.25, 0.3) is 0 Å². The molecule has 5 aliphatic carbocycles. The average Bonchev–Trinajstić information content (AvgIpc) is 2.99. The molecule has 2 N–H and O–H groups in total. The molecule has 4 atom stereocenters. The zero-order chi connectivity index (χ0) is 17.7. The first-order valence-corrected chi connectivity index (χ1v) is 9.48. The van der Waals surface area contributed by atoms with Gasteiger partial charge in [-0.3, -0.25) is 9.59 Å². The zero-order valence-electron chi connectivity index (χ0n) is 14.6. The summed E-state index contributed by atoms with van der Waals surface area (Å²) in [5, 5.41) is 22.8. The highest BCUT2D eigenvalue weighted by atomic mass is 16.5. The molecule has 0 radical (unpaired) electrons. The number of hydrogen-bond acceptors (Lipinski definition) is 5. The number of aliphatic hydroxyl groups is 1. The van der Waals surface area contributed by atoms with Gasteiger partial charge in [0.05, 0.1) is 17.1 Å². The van der Waals surface area contributed by atoms with Gasteiger partial charge < -0.3 is 15.2 Å². The molecule has 5 fully saturated rings. The Balaban J connectivity index is 1.36. The third-order valence-electron chi connectivity index (χ3n) is 6.85. The number of nitrogens with zero attached hydrogens (tertiary/aromatic N) is 1. The molecular weight excluding hydrogens is 320 g/mol. The zero-order valence-corrected chi connectivity index (χ0v) is 14.6. The van der Waals surface area contributed by atoms with Gasteiger partial charge in [0.2, 0.25) is 0 Å². The van der Waals surface area contributed by atoms with E-state index in [9.17, 15) is 20.0 Å². The minimum absolute atomic E-state index is 0.336. The lowest BCUT2D eigenvalue weighted by Gasteiger charge is -2.58. The number of carbonyl (C=O) groups is 2. The Bertz CT molecular complexity index is 618. The number of ether oxygens (including phenoxy) is 1. The SMILES string of the molecule is N#CC1(NC(=O)COC(=O)C23C[C@@H]4C[C@@H](CC(O)(C4)C2)C3)CCCC1. The molecule has 0 saturated heterocycles. The molecule has 4 bridgehead atoms. The van der Waals surface area contributed by atoms with E-state index in [4.69, 9.17) is 4.74 Å². The topological polar surface area (TPSA) is 99.4 Å². The Morgan fingerprint density at radius 2 is 1.80 bits per heavy atom. The molecule has 5 aliphatic rings. The summed E-state index contributed by atoms with van der Waals surface area (Å²) in [7, 11) is 0. The molecule has 6 nitrogen and oxygen atoms in total. The minimum Gasteiger partial charge on any atom is -0.455 e. The van der Waals surface area contributed by atoms with Gasteiger partial charge in [-0.05, 0) is 76.0 Å². The molecule has 0 aromatic heterocycles. The van der Waals surface area contributed by atoms with Gasteiger partial charge >= 0.3 is 5.97 Å². The van der Waals surface area contributed by atoms with Gasteiger partial charge in [-0.2, -0.15) is 5.26 Å². The third kappa shape index (κ3) is 2.93. The van der Waals surface area contributed by atoms with E-state index >= 15 is 0 Å². The maximum Gasteiger partial charge on any atom is 0.312 e. The average molecular weight is 346 g/mol. The minimum atomic E-state index is -0.792. The van der Waals surface area contributed by atoms with Crippen molar-refractivity contribution in [3.05, 3.63) is 0 Å². The van der Waals surface area contributed by atoms with Crippen molar-refractivity contribution in [2.24, 2.45) is 17.3 Å². The van der Waals surface area contributed by atoms with E-state index in [1.165, 1.54) is 0 Å². The van der Waals surface area contributed by atoms with Crippen molar-refractivity contribution in [3.63, 3.8) is 0 Å². The monoisotopic (exact) mass is 346 g/mol. The number of nitrogens with one attached hydrogen (secondary N) is 1. The van der Waals surface area contributed by atoms with Crippen LogP contribution in [0.5, 0.6) is 0 Å². The second-order valence-corrected chi connectivity index (χ2v) is 8.99. The highest BCUT2D eigenvalue weighted by Gasteiger charge is 2.61. The summed E-state index contributed by atoms with van der Waals surface area (Å²) in [6.45, 7) is -0.336. The van der Waals surface area contributed by atoms with Crippen molar-refractivity contribution in [2.45, 2.75) is 75.3 Å². The first-order chi connectivity index (χ1) is 11.9. The van der Waals surface area contributed by atoms with Crippen molar-refractivity contribution in [1.82, 2.24) is 5.32 Å². The molecule has 0 aromatic carbocycles. The van der Waals surface area contributed by atoms with Crippen LogP contribution >= 0.6 is 0 Å². The van der Waals surface area contributed by atoms with Gasteiger partial charge in [-0.15, -0.1) is 0 Å². The van der Waals surface area contributed by atoms with Crippen molar-refractivity contribution in [1.29, 1.82) is 5.26 Å². The summed E-state index contributed by atoms with van der Waals surface area (Å²) in [6.07, 6.45) is 7.87. The van der Waals surface area contributed by atoms with Crippen molar-refractivity contribution in [2.75, 3.05) is 6.61 Å². The number of hydrogen-bond donors (Lipinski definition) is 2. The van der Waals surface area contributed by atoms with Crippen molar-refractivity contribution in [3.8, 4) is 6.07 Å². The van der Waals surface area contributed by atoms with E-state index in [2.05, 4.69) is 11.4 Å². The molecule has 0 aliphatic heterocycles.